The number of nitrogens with zero attached hydrogens (tertiary/aromatic N) is 2. The molecule has 0 radical (unpaired) electrons. The van der Waals surface area contributed by atoms with Gasteiger partial charge in [0.15, 0.2) is 11.5 Å². The third kappa shape index (κ3) is 3.88. The summed E-state index contributed by atoms with van der Waals surface area (Å²) >= 11 is 0.933. The van der Waals surface area contributed by atoms with Crippen molar-refractivity contribution < 1.29 is 22.7 Å². The number of rotatable bonds is 6. The summed E-state index contributed by atoms with van der Waals surface area (Å²) in [5.74, 6) is 0.332. The maximum atomic E-state index is 13.0. The Labute approximate surface area is 171 Å². The van der Waals surface area contributed by atoms with Crippen LogP contribution in [-0.4, -0.2) is 35.9 Å². The smallest absolute Gasteiger partial charge is 0.243 e. The molecule has 1 unspecified atom stereocenters. The van der Waals surface area contributed by atoms with E-state index in [4.69, 9.17) is 9.47 Å². The first-order chi connectivity index (χ1) is 13.8. The molecule has 0 saturated heterocycles. The van der Waals surface area contributed by atoms with Gasteiger partial charge in [0, 0.05) is 11.8 Å². The summed E-state index contributed by atoms with van der Waals surface area (Å²) in [6.45, 7) is 3.65. The molecule has 11 heteroatoms. The van der Waals surface area contributed by atoms with Crippen LogP contribution in [0.2, 0.25) is 0 Å². The Balaban J connectivity index is 1.57. The van der Waals surface area contributed by atoms with E-state index in [1.54, 1.807) is 44.2 Å². The van der Waals surface area contributed by atoms with Crippen LogP contribution in [0.1, 0.15) is 13.8 Å². The molecule has 1 atom stereocenters. The number of nitrogens with one attached hydrogen (secondary N) is 2. The minimum atomic E-state index is -4.00. The lowest BCUT2D eigenvalue weighted by atomic mass is 10.0. The van der Waals surface area contributed by atoms with E-state index in [0.717, 1.165) is 11.7 Å². The van der Waals surface area contributed by atoms with Crippen LogP contribution in [0.25, 0.3) is 11.0 Å². The summed E-state index contributed by atoms with van der Waals surface area (Å²) in [6, 6.07) is 8.71. The number of fused-ring (bicyclic) bond motifs is 2. The zero-order valence-corrected chi connectivity index (χ0v) is 17.2. The van der Waals surface area contributed by atoms with Crippen LogP contribution in [0.5, 0.6) is 11.5 Å². The van der Waals surface area contributed by atoms with E-state index in [2.05, 4.69) is 18.8 Å². The van der Waals surface area contributed by atoms with Crippen LogP contribution in [-0.2, 0) is 14.8 Å². The molecule has 0 spiro atoms. The highest BCUT2D eigenvalue weighted by atomic mass is 32.2. The van der Waals surface area contributed by atoms with Crippen LogP contribution in [0, 0.1) is 5.92 Å². The van der Waals surface area contributed by atoms with Gasteiger partial charge in [-0.1, -0.05) is 19.9 Å². The van der Waals surface area contributed by atoms with E-state index >= 15 is 0 Å². The molecule has 0 bridgehead atoms. The lowest BCUT2D eigenvalue weighted by Gasteiger charge is -2.21. The van der Waals surface area contributed by atoms with Crippen LogP contribution in [0.4, 0.5) is 5.69 Å². The van der Waals surface area contributed by atoms with Gasteiger partial charge in [0.2, 0.25) is 22.7 Å². The maximum Gasteiger partial charge on any atom is 0.243 e. The van der Waals surface area contributed by atoms with Crippen LogP contribution < -0.4 is 19.5 Å². The Morgan fingerprint density at radius 2 is 1.93 bits per heavy atom. The Hall–Kier alpha value is -2.76. The number of ether oxygens (including phenoxy) is 2. The van der Waals surface area contributed by atoms with Gasteiger partial charge in [0.25, 0.3) is 0 Å². The predicted octanol–water partition coefficient (Wildman–Crippen LogP) is 2.36. The molecule has 0 fully saturated rings. The molecule has 0 saturated carbocycles. The standard InChI is InChI=1S/C18H18N4O5S2/c1-10(2)16(18(23)19-11-6-7-13-14(8-11)27-9-26-13)22-29(24,25)15-5-3-4-12-17(15)21-28-20-12/h3-8,10,16,22H,9H2,1-2H3,(H,19,23). The fraction of sp³-hybridized carbons (Fsp3) is 0.278. The lowest BCUT2D eigenvalue weighted by Crippen LogP contribution is -2.47. The van der Waals surface area contributed by atoms with Crippen molar-refractivity contribution in [2.75, 3.05) is 12.1 Å². The number of hydrogen-bond donors (Lipinski definition) is 2. The molecule has 4 rings (SSSR count). The number of amides is 1. The molecule has 0 aliphatic carbocycles. The summed E-state index contributed by atoms with van der Waals surface area (Å²) in [7, 11) is -4.00. The molecule has 1 aliphatic heterocycles. The van der Waals surface area contributed by atoms with Crippen molar-refractivity contribution in [1.82, 2.24) is 13.5 Å². The fourth-order valence-electron chi connectivity index (χ4n) is 2.92. The fourth-order valence-corrected chi connectivity index (χ4v) is 5.03. The first-order valence-corrected chi connectivity index (χ1v) is 11.0. The van der Waals surface area contributed by atoms with E-state index in [1.165, 1.54) is 6.07 Å². The van der Waals surface area contributed by atoms with Crippen LogP contribution in [0.15, 0.2) is 41.3 Å². The maximum absolute atomic E-state index is 13.0. The monoisotopic (exact) mass is 434 g/mol. The molecule has 1 aromatic heterocycles. The highest BCUT2D eigenvalue weighted by molar-refractivity contribution is 7.89. The largest absolute Gasteiger partial charge is 0.454 e. The highest BCUT2D eigenvalue weighted by Crippen LogP contribution is 2.34. The molecule has 152 valence electrons. The van der Waals surface area contributed by atoms with E-state index < -0.39 is 22.0 Å². The summed E-state index contributed by atoms with van der Waals surface area (Å²) in [5.41, 5.74) is 1.25. The number of carbonyl (C=O) groups is 1. The number of carbonyl (C=O) groups excluding carboxylic acids is 1. The van der Waals surface area contributed by atoms with Crippen molar-refractivity contribution in [2.24, 2.45) is 5.92 Å². The summed E-state index contributed by atoms with van der Waals surface area (Å²) in [6.07, 6.45) is 0. The zero-order valence-electron chi connectivity index (χ0n) is 15.6. The molecule has 29 heavy (non-hydrogen) atoms. The SMILES string of the molecule is CC(C)C(NS(=O)(=O)c1cccc2nsnc12)C(=O)Nc1ccc2c(c1)OCO2. The summed E-state index contributed by atoms with van der Waals surface area (Å²) < 4.78 is 47.1. The van der Waals surface area contributed by atoms with Crippen molar-refractivity contribution in [3.63, 3.8) is 0 Å². The third-order valence-corrected chi connectivity index (χ3v) is 6.43. The average Bonchev–Trinajstić information content (AvgIpc) is 3.34. The number of anilines is 1. The lowest BCUT2D eigenvalue weighted by molar-refractivity contribution is -0.118. The van der Waals surface area contributed by atoms with E-state index in [9.17, 15) is 13.2 Å². The summed E-state index contributed by atoms with van der Waals surface area (Å²) in [4.78, 5) is 12.8. The first-order valence-electron chi connectivity index (χ1n) is 8.79. The van der Waals surface area contributed by atoms with Gasteiger partial charge in [0.1, 0.15) is 22.0 Å². The van der Waals surface area contributed by atoms with Crippen molar-refractivity contribution in [3.05, 3.63) is 36.4 Å². The van der Waals surface area contributed by atoms with E-state index in [0.29, 0.717) is 22.7 Å². The van der Waals surface area contributed by atoms with E-state index in [1.807, 2.05) is 0 Å². The molecule has 1 aliphatic rings. The molecular formula is C18H18N4O5S2. The van der Waals surface area contributed by atoms with Crippen LogP contribution in [0.3, 0.4) is 0 Å². The second-order valence-corrected chi connectivity index (χ2v) is 9.00. The average molecular weight is 434 g/mol. The molecule has 2 N–H and O–H groups in total. The number of sulfonamides is 1. The predicted molar refractivity (Wildman–Crippen MR) is 108 cm³/mol. The molecule has 2 aromatic carbocycles. The van der Waals surface area contributed by atoms with Gasteiger partial charge in [-0.2, -0.15) is 13.5 Å². The molecule has 3 aromatic rings. The van der Waals surface area contributed by atoms with Crippen molar-refractivity contribution in [1.29, 1.82) is 0 Å². The Bertz CT molecular complexity index is 1180. The molecule has 2 heterocycles. The number of benzene rings is 2. The molecular weight excluding hydrogens is 416 g/mol. The Morgan fingerprint density at radius 3 is 2.72 bits per heavy atom. The van der Waals surface area contributed by atoms with Gasteiger partial charge >= 0.3 is 0 Å². The zero-order chi connectivity index (χ0) is 20.6. The minimum absolute atomic E-state index is 0.00900. The first kappa shape index (κ1) is 19.6. The Morgan fingerprint density at radius 1 is 1.14 bits per heavy atom. The van der Waals surface area contributed by atoms with Crippen molar-refractivity contribution >= 4 is 44.4 Å². The number of aromatic nitrogens is 2. The quantitative estimate of drug-likeness (QED) is 0.611. The Kier molecular flexibility index (Phi) is 5.11. The highest BCUT2D eigenvalue weighted by Gasteiger charge is 2.30. The topological polar surface area (TPSA) is 120 Å². The second kappa shape index (κ2) is 7.58. The normalized spacial score (nSPS) is 14.3. The van der Waals surface area contributed by atoms with Gasteiger partial charge in [-0.25, -0.2) is 8.42 Å². The van der Waals surface area contributed by atoms with E-state index in [-0.39, 0.29) is 23.1 Å². The molecule has 1 amide bonds. The van der Waals surface area contributed by atoms with Crippen LogP contribution >= 0.6 is 11.7 Å². The van der Waals surface area contributed by atoms with Crippen molar-refractivity contribution in [2.45, 2.75) is 24.8 Å². The van der Waals surface area contributed by atoms with Gasteiger partial charge in [-0.3, -0.25) is 4.79 Å². The van der Waals surface area contributed by atoms with Crippen molar-refractivity contribution in [3.8, 4) is 11.5 Å². The van der Waals surface area contributed by atoms with Gasteiger partial charge < -0.3 is 14.8 Å². The third-order valence-electron chi connectivity index (χ3n) is 4.41. The van der Waals surface area contributed by atoms with Gasteiger partial charge in [0.05, 0.1) is 11.7 Å². The second-order valence-electron chi connectivity index (χ2n) is 6.79. The van der Waals surface area contributed by atoms with Gasteiger partial charge in [-0.15, -0.1) is 0 Å². The number of hydrogen-bond acceptors (Lipinski definition) is 8. The minimum Gasteiger partial charge on any atom is -0.454 e. The molecule has 9 nitrogen and oxygen atoms in total. The van der Waals surface area contributed by atoms with Gasteiger partial charge in [-0.05, 0) is 30.2 Å². The summed E-state index contributed by atoms with van der Waals surface area (Å²) in [5, 5.41) is 2.73.